The van der Waals surface area contributed by atoms with Gasteiger partial charge in [0, 0.05) is 16.6 Å². The van der Waals surface area contributed by atoms with E-state index >= 15 is 0 Å². The molecule has 1 aromatic carbocycles. The molecule has 6 heteroatoms. The third-order valence-corrected chi connectivity index (χ3v) is 2.90. The maximum atomic E-state index is 5.85. The van der Waals surface area contributed by atoms with Crippen molar-refractivity contribution in [3.8, 4) is 5.75 Å². The number of aryl methyl sites for hydroxylation is 1. The van der Waals surface area contributed by atoms with E-state index in [0.29, 0.717) is 10.8 Å². The van der Waals surface area contributed by atoms with Gasteiger partial charge in [-0.05, 0) is 44.7 Å². The minimum Gasteiger partial charge on any atom is -0.491 e. The minimum absolute atomic E-state index is 0.121. The van der Waals surface area contributed by atoms with Gasteiger partial charge in [-0.3, -0.25) is 5.10 Å². The molecular weight excluding hydrogens is 248 g/mol. The average molecular weight is 264 g/mol. The van der Waals surface area contributed by atoms with Crippen molar-refractivity contribution in [2.45, 2.75) is 36.9 Å². The van der Waals surface area contributed by atoms with Gasteiger partial charge < -0.3 is 10.5 Å². The molecule has 2 aromatic rings. The Kier molecular flexibility index (Phi) is 3.76. The number of ether oxygens (including phenoxy) is 1. The van der Waals surface area contributed by atoms with E-state index in [4.69, 9.17) is 10.5 Å². The quantitative estimate of drug-likeness (QED) is 0.830. The smallest absolute Gasteiger partial charge is 0.213 e. The normalized spacial score (nSPS) is 10.9. The predicted molar refractivity (Wildman–Crippen MR) is 71.9 cm³/mol. The molecule has 1 aromatic heterocycles. The molecule has 0 aliphatic rings. The predicted octanol–water partition coefficient (Wildman–Crippen LogP) is 2.63. The van der Waals surface area contributed by atoms with Crippen molar-refractivity contribution in [1.29, 1.82) is 0 Å². The Morgan fingerprint density at radius 1 is 1.33 bits per heavy atom. The molecular formula is C12H16N4OS. The van der Waals surface area contributed by atoms with E-state index in [1.165, 1.54) is 11.8 Å². The maximum absolute atomic E-state index is 5.85. The van der Waals surface area contributed by atoms with Crippen molar-refractivity contribution < 1.29 is 4.74 Å². The first-order valence-electron chi connectivity index (χ1n) is 5.67. The fraction of sp³-hybridized carbons (Fsp3) is 0.333. The molecule has 0 amide bonds. The van der Waals surface area contributed by atoms with Crippen LogP contribution in [0.4, 0.5) is 5.69 Å². The van der Waals surface area contributed by atoms with Crippen molar-refractivity contribution in [1.82, 2.24) is 15.2 Å². The van der Waals surface area contributed by atoms with Crippen LogP contribution >= 0.6 is 11.8 Å². The van der Waals surface area contributed by atoms with Crippen LogP contribution in [0, 0.1) is 6.92 Å². The third-order valence-electron chi connectivity index (χ3n) is 2.06. The number of anilines is 1. The van der Waals surface area contributed by atoms with Crippen LogP contribution in [-0.4, -0.2) is 21.3 Å². The lowest BCUT2D eigenvalue weighted by atomic mass is 10.3. The Morgan fingerprint density at radius 3 is 2.72 bits per heavy atom. The van der Waals surface area contributed by atoms with Gasteiger partial charge in [-0.2, -0.15) is 0 Å². The lowest BCUT2D eigenvalue weighted by Crippen LogP contribution is -2.05. The molecule has 0 saturated carbocycles. The number of rotatable bonds is 4. The fourth-order valence-corrected chi connectivity index (χ4v) is 2.32. The Morgan fingerprint density at radius 2 is 2.11 bits per heavy atom. The standard InChI is InChI=1S/C12H16N4OS/c1-7(2)17-10-4-9(13)5-11(6-10)18-12-14-8(3)15-16-12/h4-7H,13H2,1-3H3,(H,14,15,16). The second-order valence-corrected chi connectivity index (χ2v) is 5.25. The van der Waals surface area contributed by atoms with Gasteiger partial charge >= 0.3 is 0 Å². The van der Waals surface area contributed by atoms with E-state index in [0.717, 1.165) is 16.5 Å². The van der Waals surface area contributed by atoms with Crippen LogP contribution in [-0.2, 0) is 0 Å². The van der Waals surface area contributed by atoms with Crippen LogP contribution in [0.25, 0.3) is 0 Å². The minimum atomic E-state index is 0.121. The van der Waals surface area contributed by atoms with Crippen molar-refractivity contribution in [2.75, 3.05) is 5.73 Å². The van der Waals surface area contributed by atoms with E-state index < -0.39 is 0 Å². The van der Waals surface area contributed by atoms with Gasteiger partial charge in [0.15, 0.2) is 0 Å². The van der Waals surface area contributed by atoms with Crippen LogP contribution in [0.3, 0.4) is 0 Å². The van der Waals surface area contributed by atoms with E-state index in [1.54, 1.807) is 0 Å². The van der Waals surface area contributed by atoms with Crippen LogP contribution in [0.5, 0.6) is 5.75 Å². The summed E-state index contributed by atoms with van der Waals surface area (Å²) in [5, 5.41) is 7.56. The summed E-state index contributed by atoms with van der Waals surface area (Å²) in [6.07, 6.45) is 0.121. The van der Waals surface area contributed by atoms with Crippen LogP contribution < -0.4 is 10.5 Å². The van der Waals surface area contributed by atoms with Gasteiger partial charge in [0.25, 0.3) is 0 Å². The summed E-state index contributed by atoms with van der Waals surface area (Å²) in [6, 6.07) is 5.63. The first kappa shape index (κ1) is 12.8. The molecule has 18 heavy (non-hydrogen) atoms. The number of H-pyrrole nitrogens is 1. The molecule has 0 aliphatic carbocycles. The number of nitrogens with two attached hydrogens (primary N) is 1. The monoisotopic (exact) mass is 264 g/mol. The van der Waals surface area contributed by atoms with E-state index in [1.807, 2.05) is 39.0 Å². The zero-order chi connectivity index (χ0) is 13.1. The summed E-state index contributed by atoms with van der Waals surface area (Å²) in [5.74, 6) is 1.56. The summed E-state index contributed by atoms with van der Waals surface area (Å²) >= 11 is 1.45. The molecule has 3 N–H and O–H groups in total. The van der Waals surface area contributed by atoms with Gasteiger partial charge in [-0.25, -0.2) is 4.98 Å². The first-order chi connectivity index (χ1) is 8.52. The summed E-state index contributed by atoms with van der Waals surface area (Å²) in [6.45, 7) is 5.83. The Balaban J connectivity index is 2.19. The van der Waals surface area contributed by atoms with E-state index in [2.05, 4.69) is 15.2 Å². The number of nitrogens with one attached hydrogen (secondary N) is 1. The molecule has 0 bridgehead atoms. The first-order valence-corrected chi connectivity index (χ1v) is 6.48. The van der Waals surface area contributed by atoms with Crippen molar-refractivity contribution in [2.24, 2.45) is 0 Å². The summed E-state index contributed by atoms with van der Waals surface area (Å²) in [7, 11) is 0. The summed E-state index contributed by atoms with van der Waals surface area (Å²) < 4.78 is 5.64. The Bertz CT molecular complexity index is 539. The fourth-order valence-electron chi connectivity index (χ4n) is 1.47. The van der Waals surface area contributed by atoms with Crippen molar-refractivity contribution >= 4 is 17.4 Å². The Labute approximate surface area is 110 Å². The number of aromatic amines is 1. The van der Waals surface area contributed by atoms with Gasteiger partial charge in [0.1, 0.15) is 11.6 Å². The van der Waals surface area contributed by atoms with Crippen LogP contribution in [0.2, 0.25) is 0 Å². The highest BCUT2D eigenvalue weighted by Crippen LogP contribution is 2.30. The molecule has 1 heterocycles. The van der Waals surface area contributed by atoms with Crippen LogP contribution in [0.1, 0.15) is 19.7 Å². The number of hydrogen-bond acceptors (Lipinski definition) is 5. The molecule has 0 unspecified atom stereocenters. The van der Waals surface area contributed by atoms with Gasteiger partial charge in [-0.1, -0.05) is 0 Å². The summed E-state index contributed by atoms with van der Waals surface area (Å²) in [4.78, 5) is 5.20. The van der Waals surface area contributed by atoms with E-state index in [-0.39, 0.29) is 6.10 Å². The highest BCUT2D eigenvalue weighted by molar-refractivity contribution is 7.99. The zero-order valence-corrected chi connectivity index (χ0v) is 11.4. The van der Waals surface area contributed by atoms with Gasteiger partial charge in [0.05, 0.1) is 6.10 Å². The molecule has 0 fully saturated rings. The van der Waals surface area contributed by atoms with Gasteiger partial charge in [0.2, 0.25) is 5.16 Å². The molecule has 0 aliphatic heterocycles. The molecule has 0 spiro atoms. The highest BCUT2D eigenvalue weighted by Gasteiger charge is 2.06. The second kappa shape index (κ2) is 5.30. The number of aromatic nitrogens is 3. The average Bonchev–Trinajstić information content (AvgIpc) is 2.61. The topological polar surface area (TPSA) is 76.8 Å². The molecule has 96 valence electrons. The highest BCUT2D eigenvalue weighted by atomic mass is 32.2. The molecule has 0 radical (unpaired) electrons. The number of nitrogens with zero attached hydrogens (tertiary/aromatic N) is 2. The Hall–Kier alpha value is -1.69. The number of hydrogen-bond donors (Lipinski definition) is 2. The lowest BCUT2D eigenvalue weighted by Gasteiger charge is -2.11. The molecule has 0 atom stereocenters. The largest absolute Gasteiger partial charge is 0.491 e. The third kappa shape index (κ3) is 3.40. The van der Waals surface area contributed by atoms with Gasteiger partial charge in [-0.15, -0.1) is 5.10 Å². The zero-order valence-electron chi connectivity index (χ0n) is 10.6. The molecule has 0 saturated heterocycles. The van der Waals surface area contributed by atoms with Crippen LogP contribution in [0.15, 0.2) is 28.3 Å². The van der Waals surface area contributed by atoms with Crippen molar-refractivity contribution in [3.05, 3.63) is 24.0 Å². The molecule has 2 rings (SSSR count). The van der Waals surface area contributed by atoms with E-state index in [9.17, 15) is 0 Å². The molecule has 5 nitrogen and oxygen atoms in total. The SMILES string of the molecule is Cc1nc(Sc2cc(N)cc(OC(C)C)c2)n[nH]1. The number of nitrogen functional groups attached to an aromatic ring is 1. The lowest BCUT2D eigenvalue weighted by molar-refractivity contribution is 0.242. The summed E-state index contributed by atoms with van der Waals surface area (Å²) in [5.41, 5.74) is 6.52. The maximum Gasteiger partial charge on any atom is 0.213 e. The number of benzene rings is 1. The second-order valence-electron chi connectivity index (χ2n) is 4.21. The van der Waals surface area contributed by atoms with Crippen molar-refractivity contribution in [3.63, 3.8) is 0 Å².